The fraction of sp³-hybridized carbons (Fsp3) is 0.800. The second-order valence-corrected chi connectivity index (χ2v) is 3.52. The Morgan fingerprint density at radius 2 is 2.18 bits per heavy atom. The number of hydrogen-bond acceptors (Lipinski definition) is 1. The van der Waals surface area contributed by atoms with Gasteiger partial charge in [0, 0.05) is 1.43 Å². The van der Waals surface area contributed by atoms with Gasteiger partial charge in [-0.2, -0.15) is 0 Å². The second kappa shape index (κ2) is 6.41. The summed E-state index contributed by atoms with van der Waals surface area (Å²) in [6.07, 6.45) is 4.84. The summed E-state index contributed by atoms with van der Waals surface area (Å²) in [5, 5.41) is 3.18. The molecule has 0 aromatic carbocycles. The average molecular weight is 157 g/mol. The monoisotopic (exact) mass is 157 g/mol. The maximum Gasteiger partial charge on any atom is 0 e. The van der Waals surface area contributed by atoms with Crippen molar-refractivity contribution in [3.63, 3.8) is 0 Å². The molecule has 0 saturated carbocycles. The minimum Gasteiger partial charge on any atom is -0.319 e. The lowest BCUT2D eigenvalue weighted by molar-refractivity contribution is 0.509. The normalized spacial score (nSPS) is 12.7. The van der Waals surface area contributed by atoms with E-state index in [4.69, 9.17) is 0 Å². The molecule has 0 aliphatic carbocycles. The van der Waals surface area contributed by atoms with Crippen LogP contribution in [0.15, 0.2) is 11.6 Å². The first-order valence-corrected chi connectivity index (χ1v) is 4.44. The predicted octanol–water partition coefficient (Wildman–Crippen LogP) is 2.83. The molecule has 0 aromatic rings. The molecule has 0 amide bonds. The number of hydrogen-bond donors (Lipinski definition) is 1. The van der Waals surface area contributed by atoms with Gasteiger partial charge >= 0.3 is 0 Å². The van der Waals surface area contributed by atoms with Gasteiger partial charge in [-0.25, -0.2) is 0 Å². The van der Waals surface area contributed by atoms with Gasteiger partial charge in [-0.05, 0) is 46.2 Å². The molecule has 68 valence electrons. The first-order chi connectivity index (χ1) is 5.16. The maximum atomic E-state index is 3.18. The third kappa shape index (κ3) is 7.60. The van der Waals surface area contributed by atoms with Crippen molar-refractivity contribution in [2.24, 2.45) is 5.92 Å². The van der Waals surface area contributed by atoms with Gasteiger partial charge in [0.1, 0.15) is 0 Å². The molecule has 0 rings (SSSR count). The first-order valence-electron chi connectivity index (χ1n) is 4.44. The van der Waals surface area contributed by atoms with Crippen LogP contribution in [0.2, 0.25) is 0 Å². The standard InChI is InChI=1S/C10H21N.H2/c1-9(2)6-5-7-10(3)8-11-4;/h6,10-11H,5,7-8H2,1-4H3;1H/t10-;/m0./s1. The van der Waals surface area contributed by atoms with Gasteiger partial charge in [0.25, 0.3) is 0 Å². The van der Waals surface area contributed by atoms with Crippen molar-refractivity contribution < 1.29 is 1.43 Å². The summed E-state index contributed by atoms with van der Waals surface area (Å²) in [6, 6.07) is 0. The summed E-state index contributed by atoms with van der Waals surface area (Å²) >= 11 is 0. The Balaban J connectivity index is 0. The van der Waals surface area contributed by atoms with E-state index in [1.165, 1.54) is 18.4 Å². The van der Waals surface area contributed by atoms with E-state index in [9.17, 15) is 0 Å². The molecule has 1 atom stereocenters. The van der Waals surface area contributed by atoms with E-state index in [-0.39, 0.29) is 1.43 Å². The zero-order valence-corrected chi connectivity index (χ0v) is 8.28. The first kappa shape index (κ1) is 10.7. The summed E-state index contributed by atoms with van der Waals surface area (Å²) in [6.45, 7) is 7.73. The lowest BCUT2D eigenvalue weighted by Gasteiger charge is -2.07. The highest BCUT2D eigenvalue weighted by Gasteiger charge is 1.97. The smallest absolute Gasteiger partial charge is 0 e. The summed E-state index contributed by atoms with van der Waals surface area (Å²) in [7, 11) is 2.01. The van der Waals surface area contributed by atoms with Crippen LogP contribution in [0.1, 0.15) is 35.0 Å². The minimum atomic E-state index is 0. The summed E-state index contributed by atoms with van der Waals surface area (Å²) in [5.74, 6) is 0.801. The molecule has 0 fully saturated rings. The van der Waals surface area contributed by atoms with E-state index in [1.807, 2.05) is 7.05 Å². The van der Waals surface area contributed by atoms with Crippen molar-refractivity contribution in [2.45, 2.75) is 33.6 Å². The molecule has 0 unspecified atom stereocenters. The van der Waals surface area contributed by atoms with Crippen molar-refractivity contribution in [2.75, 3.05) is 13.6 Å². The van der Waals surface area contributed by atoms with Gasteiger partial charge in [0.05, 0.1) is 0 Å². The van der Waals surface area contributed by atoms with Gasteiger partial charge in [-0.1, -0.05) is 18.6 Å². The summed E-state index contributed by atoms with van der Waals surface area (Å²) < 4.78 is 0. The van der Waals surface area contributed by atoms with Crippen molar-refractivity contribution in [3.05, 3.63) is 11.6 Å². The molecule has 0 saturated heterocycles. The van der Waals surface area contributed by atoms with Crippen molar-refractivity contribution in [3.8, 4) is 0 Å². The Hall–Kier alpha value is -0.300. The maximum absolute atomic E-state index is 3.18. The van der Waals surface area contributed by atoms with Crippen LogP contribution in [-0.2, 0) is 0 Å². The predicted molar refractivity (Wildman–Crippen MR) is 53.9 cm³/mol. The van der Waals surface area contributed by atoms with Crippen molar-refractivity contribution in [1.82, 2.24) is 5.32 Å². The van der Waals surface area contributed by atoms with E-state index < -0.39 is 0 Å². The molecule has 1 nitrogen and oxygen atoms in total. The second-order valence-electron chi connectivity index (χ2n) is 3.52. The van der Waals surface area contributed by atoms with E-state index >= 15 is 0 Å². The van der Waals surface area contributed by atoms with Crippen LogP contribution in [0, 0.1) is 5.92 Å². The Bertz CT molecular complexity index is 117. The molecule has 0 aromatic heterocycles. The molecule has 0 heterocycles. The van der Waals surface area contributed by atoms with E-state index in [0.717, 1.165) is 12.5 Å². The SMILES string of the molecule is CNC[C@@H](C)CCC=C(C)C.[HH]. The van der Waals surface area contributed by atoms with Crippen LogP contribution < -0.4 is 5.32 Å². The average Bonchev–Trinajstić information content (AvgIpc) is 1.87. The quantitative estimate of drug-likeness (QED) is 0.605. The van der Waals surface area contributed by atoms with Gasteiger partial charge in [0.2, 0.25) is 0 Å². The Morgan fingerprint density at radius 3 is 2.64 bits per heavy atom. The Labute approximate surface area is 72.4 Å². The highest BCUT2D eigenvalue weighted by atomic mass is 14.8. The van der Waals surface area contributed by atoms with Gasteiger partial charge in [0.15, 0.2) is 0 Å². The lowest BCUT2D eigenvalue weighted by atomic mass is 10.1. The molecule has 0 bridgehead atoms. The van der Waals surface area contributed by atoms with Gasteiger partial charge < -0.3 is 5.32 Å². The van der Waals surface area contributed by atoms with E-state index in [2.05, 4.69) is 32.2 Å². The molecule has 1 N–H and O–H groups in total. The fourth-order valence-electron chi connectivity index (χ4n) is 1.11. The Morgan fingerprint density at radius 1 is 1.55 bits per heavy atom. The minimum absolute atomic E-state index is 0. The van der Waals surface area contributed by atoms with Crippen LogP contribution in [0.25, 0.3) is 0 Å². The molecular formula is C10H23N. The van der Waals surface area contributed by atoms with Gasteiger partial charge in [-0.3, -0.25) is 0 Å². The highest BCUT2D eigenvalue weighted by molar-refractivity contribution is 4.92. The van der Waals surface area contributed by atoms with Gasteiger partial charge in [-0.15, -0.1) is 0 Å². The van der Waals surface area contributed by atoms with E-state index in [0.29, 0.717) is 0 Å². The molecule has 0 aliphatic rings. The molecular weight excluding hydrogens is 134 g/mol. The molecule has 0 radical (unpaired) electrons. The van der Waals surface area contributed by atoms with Crippen molar-refractivity contribution in [1.29, 1.82) is 0 Å². The van der Waals surface area contributed by atoms with Crippen LogP contribution >= 0.6 is 0 Å². The lowest BCUT2D eigenvalue weighted by Crippen LogP contribution is -2.15. The van der Waals surface area contributed by atoms with Crippen molar-refractivity contribution >= 4 is 0 Å². The van der Waals surface area contributed by atoms with Crippen LogP contribution in [0.5, 0.6) is 0 Å². The summed E-state index contributed by atoms with van der Waals surface area (Å²) in [4.78, 5) is 0. The molecule has 0 spiro atoms. The van der Waals surface area contributed by atoms with Crippen LogP contribution in [-0.4, -0.2) is 13.6 Å². The molecule has 11 heavy (non-hydrogen) atoms. The van der Waals surface area contributed by atoms with Crippen LogP contribution in [0.3, 0.4) is 0 Å². The third-order valence-corrected chi connectivity index (χ3v) is 1.76. The molecule has 0 aliphatic heterocycles. The fourth-order valence-corrected chi connectivity index (χ4v) is 1.11. The highest BCUT2D eigenvalue weighted by Crippen LogP contribution is 2.05. The number of allylic oxidation sites excluding steroid dienone is 2. The third-order valence-electron chi connectivity index (χ3n) is 1.76. The molecule has 1 heteroatoms. The zero-order valence-electron chi connectivity index (χ0n) is 8.28. The van der Waals surface area contributed by atoms with Crippen LogP contribution in [0.4, 0.5) is 0 Å². The number of nitrogens with one attached hydrogen (secondary N) is 1. The summed E-state index contributed by atoms with van der Waals surface area (Å²) in [5.41, 5.74) is 1.43. The largest absolute Gasteiger partial charge is 0.319 e. The Kier molecular flexibility index (Phi) is 6.24. The zero-order chi connectivity index (χ0) is 8.69. The number of rotatable bonds is 5. The van der Waals surface area contributed by atoms with E-state index in [1.54, 1.807) is 0 Å². The topological polar surface area (TPSA) is 12.0 Å².